The zero-order valence-corrected chi connectivity index (χ0v) is 22.2. The minimum atomic E-state index is -0.274. The van der Waals surface area contributed by atoms with Gasteiger partial charge in [0, 0.05) is 11.1 Å². The van der Waals surface area contributed by atoms with Crippen molar-refractivity contribution in [1.82, 2.24) is 0 Å². The number of unbranched alkanes of at least 4 members (excludes halogenated alkanes) is 9. The molecule has 0 amide bonds. The summed E-state index contributed by atoms with van der Waals surface area (Å²) in [4.78, 5) is 25.1. The van der Waals surface area contributed by atoms with E-state index in [1.54, 1.807) is 30.3 Å². The monoisotopic (exact) mass is 493 g/mol. The van der Waals surface area contributed by atoms with Crippen molar-refractivity contribution in [3.05, 3.63) is 95.1 Å². The molecule has 3 aromatic carbocycles. The van der Waals surface area contributed by atoms with Crippen LogP contribution in [0.3, 0.4) is 0 Å². The van der Waals surface area contributed by atoms with Crippen molar-refractivity contribution in [3.63, 3.8) is 0 Å². The van der Waals surface area contributed by atoms with Crippen molar-refractivity contribution >= 4 is 11.6 Å². The molecule has 37 heavy (non-hydrogen) atoms. The van der Waals surface area contributed by atoms with Gasteiger partial charge in [-0.15, -0.1) is 0 Å². The minimum Gasteiger partial charge on any atom is -0.294 e. The van der Waals surface area contributed by atoms with Gasteiger partial charge >= 0.3 is 0 Å². The largest absolute Gasteiger partial charge is 0.294 e. The van der Waals surface area contributed by atoms with Crippen LogP contribution in [0.4, 0.5) is 0 Å². The Hall–Kier alpha value is -3.51. The second-order valence-corrected chi connectivity index (χ2v) is 9.92. The zero-order chi connectivity index (χ0) is 26.3. The van der Waals surface area contributed by atoms with E-state index in [-0.39, 0.29) is 18.0 Å². The maximum absolute atomic E-state index is 12.6. The fourth-order valence-electron chi connectivity index (χ4n) is 4.64. The van der Waals surface area contributed by atoms with Crippen LogP contribution in [0.5, 0.6) is 0 Å². The summed E-state index contributed by atoms with van der Waals surface area (Å²) >= 11 is 0. The first-order chi connectivity index (χ1) is 18.1. The number of benzene rings is 3. The molecule has 192 valence electrons. The van der Waals surface area contributed by atoms with Crippen LogP contribution >= 0.6 is 0 Å². The summed E-state index contributed by atoms with van der Waals surface area (Å²) in [7, 11) is 0. The molecular weight excluding hydrogens is 454 g/mol. The molecule has 0 spiro atoms. The van der Waals surface area contributed by atoms with Gasteiger partial charge in [-0.25, -0.2) is 0 Å². The third-order valence-corrected chi connectivity index (χ3v) is 6.95. The molecule has 0 aromatic heterocycles. The number of nitrogens with zero attached hydrogens (tertiary/aromatic N) is 1. The van der Waals surface area contributed by atoms with E-state index in [9.17, 15) is 9.59 Å². The Kier molecular flexibility index (Phi) is 11.8. The lowest BCUT2D eigenvalue weighted by atomic mass is 9.97. The number of ketones is 2. The van der Waals surface area contributed by atoms with Crippen molar-refractivity contribution in [2.24, 2.45) is 0 Å². The highest BCUT2D eigenvalue weighted by atomic mass is 16.1. The van der Waals surface area contributed by atoms with Crippen LogP contribution in [0.1, 0.15) is 109 Å². The van der Waals surface area contributed by atoms with Gasteiger partial charge in [0.25, 0.3) is 0 Å². The van der Waals surface area contributed by atoms with E-state index in [2.05, 4.69) is 31.2 Å². The van der Waals surface area contributed by atoms with Gasteiger partial charge in [-0.2, -0.15) is 5.26 Å². The van der Waals surface area contributed by atoms with E-state index in [1.807, 2.05) is 18.2 Å². The lowest BCUT2D eigenvalue weighted by molar-refractivity contribution is 0.0894. The number of hydrogen-bond donors (Lipinski definition) is 0. The van der Waals surface area contributed by atoms with Crippen molar-refractivity contribution < 1.29 is 9.59 Å². The molecule has 0 saturated carbocycles. The molecule has 0 unspecified atom stereocenters. The smallest absolute Gasteiger partial charge is 0.170 e. The summed E-state index contributed by atoms with van der Waals surface area (Å²) in [6.07, 6.45) is 14.4. The number of nitriles is 1. The van der Waals surface area contributed by atoms with E-state index in [0.29, 0.717) is 16.7 Å². The lowest BCUT2D eigenvalue weighted by Gasteiger charge is -2.07. The molecular formula is C34H39NO2. The first kappa shape index (κ1) is 28.1. The van der Waals surface area contributed by atoms with E-state index in [4.69, 9.17) is 5.26 Å². The van der Waals surface area contributed by atoms with Gasteiger partial charge in [0.15, 0.2) is 11.6 Å². The molecule has 0 heterocycles. The van der Waals surface area contributed by atoms with E-state index >= 15 is 0 Å². The number of carbonyl (C=O) groups excluding carboxylic acids is 2. The number of aryl methyl sites for hydroxylation is 1. The first-order valence-corrected chi connectivity index (χ1v) is 13.9. The average molecular weight is 494 g/mol. The van der Waals surface area contributed by atoms with Crippen LogP contribution < -0.4 is 0 Å². The summed E-state index contributed by atoms with van der Waals surface area (Å²) in [5, 5.41) is 9.01. The number of carbonyl (C=O) groups is 2. The van der Waals surface area contributed by atoms with Gasteiger partial charge < -0.3 is 0 Å². The number of hydrogen-bond acceptors (Lipinski definition) is 3. The van der Waals surface area contributed by atoms with Gasteiger partial charge in [-0.3, -0.25) is 9.59 Å². The van der Waals surface area contributed by atoms with Crippen LogP contribution in [-0.4, -0.2) is 11.6 Å². The topological polar surface area (TPSA) is 57.9 Å². The molecule has 0 aliphatic carbocycles. The molecule has 0 bridgehead atoms. The highest BCUT2D eigenvalue weighted by Gasteiger charge is 2.14. The molecule has 0 atom stereocenters. The number of Topliss-reactive ketones (excluding diaryl/α,β-unsaturated/α-hetero) is 2. The van der Waals surface area contributed by atoms with Crippen molar-refractivity contribution in [3.8, 4) is 17.2 Å². The summed E-state index contributed by atoms with van der Waals surface area (Å²) in [5.41, 5.74) is 4.87. The minimum absolute atomic E-state index is 0.206. The van der Waals surface area contributed by atoms with Crippen LogP contribution in [0.2, 0.25) is 0 Å². The molecule has 3 heteroatoms. The molecule has 0 aliphatic rings. The third-order valence-electron chi connectivity index (χ3n) is 6.95. The lowest BCUT2D eigenvalue weighted by Crippen LogP contribution is -2.08. The zero-order valence-electron chi connectivity index (χ0n) is 22.2. The first-order valence-electron chi connectivity index (χ1n) is 13.9. The van der Waals surface area contributed by atoms with Crippen molar-refractivity contribution in [2.75, 3.05) is 0 Å². The predicted octanol–water partition coefficient (Wildman–Crippen LogP) is 9.14. The van der Waals surface area contributed by atoms with Gasteiger partial charge in [-0.05, 0) is 41.7 Å². The average Bonchev–Trinajstić information content (AvgIpc) is 2.94. The molecule has 0 aliphatic heterocycles. The summed E-state index contributed by atoms with van der Waals surface area (Å²) in [5.74, 6) is -0.491. The number of rotatable bonds is 16. The SMILES string of the molecule is CCCCCCCCCCCCc1ccc(-c2ccc(C(=O)CC(=O)c3cccc(C#N)c3)cc2)cc1. The van der Waals surface area contributed by atoms with Crippen LogP contribution in [0.25, 0.3) is 11.1 Å². The quantitative estimate of drug-likeness (QED) is 0.113. The summed E-state index contributed by atoms with van der Waals surface area (Å²) in [6, 6.07) is 24.6. The van der Waals surface area contributed by atoms with Gasteiger partial charge in [-0.1, -0.05) is 125 Å². The van der Waals surface area contributed by atoms with Crippen molar-refractivity contribution in [1.29, 1.82) is 5.26 Å². The second-order valence-electron chi connectivity index (χ2n) is 9.92. The molecule has 3 rings (SSSR count). The van der Waals surface area contributed by atoms with Crippen LogP contribution in [0.15, 0.2) is 72.8 Å². The van der Waals surface area contributed by atoms with Crippen LogP contribution in [0, 0.1) is 11.3 Å². The highest BCUT2D eigenvalue weighted by Crippen LogP contribution is 2.22. The maximum atomic E-state index is 12.6. The Balaban J connectivity index is 1.41. The molecule has 0 N–H and O–H groups in total. The normalized spacial score (nSPS) is 10.7. The molecule has 0 radical (unpaired) electrons. The summed E-state index contributed by atoms with van der Waals surface area (Å²) < 4.78 is 0. The fraction of sp³-hybridized carbons (Fsp3) is 0.382. The van der Waals surface area contributed by atoms with Crippen molar-refractivity contribution in [2.45, 2.75) is 84.0 Å². The summed E-state index contributed by atoms with van der Waals surface area (Å²) in [6.45, 7) is 2.27. The van der Waals surface area contributed by atoms with Gasteiger partial charge in [0.1, 0.15) is 0 Å². The molecule has 3 nitrogen and oxygen atoms in total. The second kappa shape index (κ2) is 15.6. The van der Waals surface area contributed by atoms with E-state index in [1.165, 1.54) is 75.8 Å². The van der Waals surface area contributed by atoms with Gasteiger partial charge in [0.2, 0.25) is 0 Å². The molecule has 3 aromatic rings. The Labute approximate surface area is 222 Å². The third kappa shape index (κ3) is 9.47. The predicted molar refractivity (Wildman–Crippen MR) is 152 cm³/mol. The molecule has 0 fully saturated rings. The van der Waals surface area contributed by atoms with Gasteiger partial charge in [0.05, 0.1) is 18.1 Å². The Morgan fingerprint density at radius 1 is 0.649 bits per heavy atom. The highest BCUT2D eigenvalue weighted by molar-refractivity contribution is 6.13. The fourth-order valence-corrected chi connectivity index (χ4v) is 4.64. The van der Waals surface area contributed by atoms with Crippen LogP contribution in [-0.2, 0) is 6.42 Å². The Bertz CT molecular complexity index is 1170. The molecule has 0 saturated heterocycles. The van der Waals surface area contributed by atoms with E-state index < -0.39 is 0 Å². The Morgan fingerprint density at radius 2 is 1.19 bits per heavy atom. The van der Waals surface area contributed by atoms with E-state index in [0.717, 1.165) is 17.5 Å². The standard InChI is InChI=1S/C34H39NO2/c1-2-3-4-5-6-7-8-9-10-11-13-27-16-18-29(19-17-27)30-20-22-31(23-21-30)33(36)25-34(37)32-15-12-14-28(24-32)26-35/h12,14-24H,2-11,13,25H2,1H3. The Morgan fingerprint density at radius 3 is 1.78 bits per heavy atom. The maximum Gasteiger partial charge on any atom is 0.170 e.